The molecule has 0 bridgehead atoms. The van der Waals surface area contributed by atoms with Crippen LogP contribution in [0.25, 0.3) is 16.7 Å². The number of anilines is 3. The number of aromatic nitrogens is 2. The number of urea groups is 1. The van der Waals surface area contributed by atoms with E-state index in [1.54, 1.807) is 32.6 Å². The first kappa shape index (κ1) is 28.8. The molecule has 2 heterocycles. The van der Waals surface area contributed by atoms with Gasteiger partial charge in [0.2, 0.25) is 10.0 Å². The smallest absolute Gasteiger partial charge is 0.321 e. The maximum Gasteiger partial charge on any atom is 0.321 e. The van der Waals surface area contributed by atoms with Crippen LogP contribution in [0.2, 0.25) is 0 Å². The second-order valence-electron chi connectivity index (χ2n) is 9.96. The van der Waals surface area contributed by atoms with Gasteiger partial charge in [-0.1, -0.05) is 24.6 Å². The van der Waals surface area contributed by atoms with E-state index in [9.17, 15) is 18.0 Å². The Morgan fingerprint density at radius 3 is 2.38 bits per heavy atom. The van der Waals surface area contributed by atoms with Crippen molar-refractivity contribution in [3.05, 3.63) is 71.7 Å². The molecule has 0 unspecified atom stereocenters. The molecule has 2 aromatic heterocycles. The lowest BCUT2D eigenvalue weighted by Gasteiger charge is -2.22. The van der Waals surface area contributed by atoms with Crippen LogP contribution in [0.5, 0.6) is 0 Å². The summed E-state index contributed by atoms with van der Waals surface area (Å²) in [5.41, 5.74) is 6.41. The molecule has 40 heavy (non-hydrogen) atoms. The lowest BCUT2D eigenvalue weighted by atomic mass is 9.85. The SMILES string of the molecule is CCC1=C(C(=O)Nc2ccc(NS(C)(=O)=O)nc2)c2cc(-c3cncc(NC(=O)N(C)C)c3)ccc2CCCC1. The van der Waals surface area contributed by atoms with Gasteiger partial charge in [0.05, 0.1) is 30.0 Å². The van der Waals surface area contributed by atoms with E-state index in [2.05, 4.69) is 38.3 Å². The number of hydrogen-bond acceptors (Lipinski definition) is 6. The zero-order valence-corrected chi connectivity index (χ0v) is 23.9. The van der Waals surface area contributed by atoms with E-state index < -0.39 is 10.0 Å². The van der Waals surface area contributed by atoms with Crippen molar-refractivity contribution in [1.82, 2.24) is 14.9 Å². The minimum Gasteiger partial charge on any atom is -0.331 e. The molecule has 10 nitrogen and oxygen atoms in total. The average molecular weight is 563 g/mol. The van der Waals surface area contributed by atoms with Crippen molar-refractivity contribution in [1.29, 1.82) is 0 Å². The second kappa shape index (κ2) is 12.3. The van der Waals surface area contributed by atoms with Gasteiger partial charge >= 0.3 is 6.03 Å². The van der Waals surface area contributed by atoms with Crippen molar-refractivity contribution in [2.24, 2.45) is 0 Å². The number of aryl methyl sites for hydroxylation is 1. The molecule has 3 N–H and O–H groups in total. The molecular weight excluding hydrogens is 528 g/mol. The third-order valence-corrected chi connectivity index (χ3v) is 7.18. The van der Waals surface area contributed by atoms with E-state index in [1.807, 2.05) is 18.2 Å². The number of nitrogens with one attached hydrogen (secondary N) is 3. The fourth-order valence-electron chi connectivity index (χ4n) is 4.63. The summed E-state index contributed by atoms with van der Waals surface area (Å²) in [5.74, 6) is -0.0691. The highest BCUT2D eigenvalue weighted by molar-refractivity contribution is 7.92. The molecule has 0 saturated carbocycles. The van der Waals surface area contributed by atoms with E-state index in [4.69, 9.17) is 0 Å². The Morgan fingerprint density at radius 2 is 1.70 bits per heavy atom. The van der Waals surface area contributed by atoms with Gasteiger partial charge in [-0.3, -0.25) is 14.5 Å². The van der Waals surface area contributed by atoms with Crippen LogP contribution in [-0.2, 0) is 21.2 Å². The van der Waals surface area contributed by atoms with Crippen molar-refractivity contribution < 1.29 is 18.0 Å². The summed E-state index contributed by atoms with van der Waals surface area (Å²) < 4.78 is 25.3. The predicted molar refractivity (Wildman–Crippen MR) is 158 cm³/mol. The van der Waals surface area contributed by atoms with Crippen LogP contribution in [0.15, 0.2) is 60.6 Å². The summed E-state index contributed by atoms with van der Waals surface area (Å²) in [6, 6.07) is 10.8. The monoisotopic (exact) mass is 562 g/mol. The van der Waals surface area contributed by atoms with Gasteiger partial charge in [-0.25, -0.2) is 18.2 Å². The molecule has 1 aliphatic carbocycles. The molecule has 0 saturated heterocycles. The summed E-state index contributed by atoms with van der Waals surface area (Å²) in [4.78, 5) is 35.8. The number of benzene rings is 1. The molecule has 210 valence electrons. The lowest BCUT2D eigenvalue weighted by Crippen LogP contribution is -2.27. The van der Waals surface area contributed by atoms with E-state index in [1.165, 1.54) is 17.2 Å². The van der Waals surface area contributed by atoms with Crippen LogP contribution in [0.1, 0.15) is 43.7 Å². The largest absolute Gasteiger partial charge is 0.331 e. The molecular formula is C29H34N6O4S. The molecule has 4 rings (SSSR count). The average Bonchev–Trinajstić information content (AvgIpc) is 2.89. The number of carbonyl (C=O) groups is 2. The van der Waals surface area contributed by atoms with Gasteiger partial charge in [-0.2, -0.15) is 0 Å². The first-order valence-corrected chi connectivity index (χ1v) is 15.0. The third-order valence-electron chi connectivity index (χ3n) is 6.60. The Balaban J connectivity index is 1.70. The van der Waals surface area contributed by atoms with Crippen LogP contribution in [0.3, 0.4) is 0 Å². The third kappa shape index (κ3) is 7.23. The topological polar surface area (TPSA) is 133 Å². The molecule has 11 heteroatoms. The van der Waals surface area contributed by atoms with Gasteiger partial charge < -0.3 is 15.5 Å². The fraction of sp³-hybridized carbons (Fsp3) is 0.310. The van der Waals surface area contributed by atoms with Gasteiger partial charge in [0.25, 0.3) is 5.91 Å². The van der Waals surface area contributed by atoms with Crippen molar-refractivity contribution in [3.8, 4) is 11.1 Å². The molecule has 1 aromatic carbocycles. The molecule has 0 spiro atoms. The minimum absolute atomic E-state index is 0.174. The Hall–Kier alpha value is -4.25. The normalized spacial score (nSPS) is 13.5. The number of amides is 3. The Kier molecular flexibility index (Phi) is 8.83. The van der Waals surface area contributed by atoms with Crippen molar-refractivity contribution >= 4 is 44.7 Å². The van der Waals surface area contributed by atoms with E-state index >= 15 is 0 Å². The highest BCUT2D eigenvalue weighted by Crippen LogP contribution is 2.35. The number of sulfonamides is 1. The maximum absolute atomic E-state index is 13.8. The minimum atomic E-state index is -3.46. The first-order valence-electron chi connectivity index (χ1n) is 13.1. The van der Waals surface area contributed by atoms with Gasteiger partial charge in [-0.15, -0.1) is 0 Å². The van der Waals surface area contributed by atoms with E-state index in [0.29, 0.717) is 16.9 Å². The van der Waals surface area contributed by atoms with Gasteiger partial charge in [0, 0.05) is 31.4 Å². The molecule has 3 aromatic rings. The summed E-state index contributed by atoms with van der Waals surface area (Å²) >= 11 is 0. The molecule has 0 radical (unpaired) electrons. The van der Waals surface area contributed by atoms with Gasteiger partial charge in [-0.05, 0) is 73.1 Å². The zero-order valence-electron chi connectivity index (χ0n) is 23.1. The quantitative estimate of drug-likeness (QED) is 0.365. The number of rotatable bonds is 7. The van der Waals surface area contributed by atoms with Crippen LogP contribution in [0.4, 0.5) is 22.0 Å². The van der Waals surface area contributed by atoms with Crippen molar-refractivity contribution in [2.75, 3.05) is 35.7 Å². The Bertz CT molecular complexity index is 1550. The predicted octanol–water partition coefficient (Wildman–Crippen LogP) is 5.14. The highest BCUT2D eigenvalue weighted by atomic mass is 32.2. The maximum atomic E-state index is 13.8. The number of pyridine rings is 2. The molecule has 1 aliphatic rings. The van der Waals surface area contributed by atoms with E-state index in [-0.39, 0.29) is 17.8 Å². The number of carbonyl (C=O) groups excluding carboxylic acids is 2. The summed E-state index contributed by atoms with van der Waals surface area (Å²) in [6.07, 6.45) is 10.2. The summed E-state index contributed by atoms with van der Waals surface area (Å²) in [6.45, 7) is 2.06. The number of fused-ring (bicyclic) bond motifs is 1. The van der Waals surface area contributed by atoms with Crippen LogP contribution in [0, 0.1) is 0 Å². The Labute approximate surface area is 235 Å². The molecule has 0 aliphatic heterocycles. The zero-order chi connectivity index (χ0) is 28.9. The molecule has 0 fully saturated rings. The first-order chi connectivity index (χ1) is 19.0. The standard InChI is InChI=1S/C29H34N6O4S/c1-5-19-8-6-7-9-20-10-11-21(22-14-24(17-30-16-22)33-29(37)35(2)3)15-25(20)27(19)28(36)32-23-12-13-26(31-18-23)34-40(4,38)39/h10-18H,5-9H2,1-4H3,(H,31,34)(H,32,36)(H,33,37). The van der Waals surface area contributed by atoms with Gasteiger partial charge in [0.15, 0.2) is 0 Å². The second-order valence-corrected chi connectivity index (χ2v) is 11.7. The van der Waals surface area contributed by atoms with Crippen LogP contribution >= 0.6 is 0 Å². The van der Waals surface area contributed by atoms with Crippen molar-refractivity contribution in [3.63, 3.8) is 0 Å². The number of hydrogen-bond donors (Lipinski definition) is 3. The molecule has 3 amide bonds. The Morgan fingerprint density at radius 1 is 0.925 bits per heavy atom. The van der Waals surface area contributed by atoms with Crippen molar-refractivity contribution in [2.45, 2.75) is 39.0 Å². The number of nitrogens with zero attached hydrogens (tertiary/aromatic N) is 3. The molecule has 0 atom stereocenters. The van der Waals surface area contributed by atoms with Crippen LogP contribution < -0.4 is 15.4 Å². The fourth-order valence-corrected chi connectivity index (χ4v) is 5.13. The van der Waals surface area contributed by atoms with E-state index in [0.717, 1.165) is 66.2 Å². The summed E-state index contributed by atoms with van der Waals surface area (Å²) in [5, 5.41) is 5.78. The highest BCUT2D eigenvalue weighted by Gasteiger charge is 2.23. The van der Waals surface area contributed by atoms with Gasteiger partial charge in [0.1, 0.15) is 5.82 Å². The summed E-state index contributed by atoms with van der Waals surface area (Å²) in [7, 11) is -0.117. The van der Waals surface area contributed by atoms with Crippen LogP contribution in [-0.4, -0.2) is 55.6 Å². The number of allylic oxidation sites excluding steroid dienone is 1. The lowest BCUT2D eigenvalue weighted by molar-refractivity contribution is -0.111.